The Morgan fingerprint density at radius 3 is 2.79 bits per heavy atom. The van der Waals surface area contributed by atoms with Gasteiger partial charge in [0.1, 0.15) is 5.75 Å². The highest BCUT2D eigenvalue weighted by molar-refractivity contribution is 5.41. The zero-order valence-electron chi connectivity index (χ0n) is 7.63. The molecular weight excluding hydrogens is 188 g/mol. The topological polar surface area (TPSA) is 13.6 Å². The van der Waals surface area contributed by atoms with Crippen LogP contribution in [0.2, 0.25) is 0 Å². The number of alkyl halides is 2. The summed E-state index contributed by atoms with van der Waals surface area (Å²) in [4.78, 5) is 3.14. The zero-order chi connectivity index (χ0) is 10.6. The van der Waals surface area contributed by atoms with Gasteiger partial charge in [-0.05, 0) is 18.6 Å². The Labute approximate surface area is 80.9 Å². The Bertz CT molecular complexity index is 358. The zero-order valence-corrected chi connectivity index (χ0v) is 7.63. The molecule has 0 unspecified atom stereocenters. The highest BCUT2D eigenvalue weighted by Crippen LogP contribution is 2.25. The fourth-order valence-electron chi connectivity index (χ4n) is 1.18. The van der Waals surface area contributed by atoms with Gasteiger partial charge in [-0.3, -0.25) is 0 Å². The smallest absolute Gasteiger partial charge is 0.387 e. The molecule has 1 rings (SSSR count). The molecule has 0 saturated heterocycles. The molecule has 0 fully saturated rings. The van der Waals surface area contributed by atoms with E-state index in [0.717, 1.165) is 0 Å². The summed E-state index contributed by atoms with van der Waals surface area (Å²) in [6.45, 7) is 5.56. The van der Waals surface area contributed by atoms with Crippen LogP contribution in [-0.2, 0) is 6.54 Å². The second-order valence-electron chi connectivity index (χ2n) is 2.76. The first-order chi connectivity index (χ1) is 6.65. The van der Waals surface area contributed by atoms with E-state index < -0.39 is 6.61 Å². The monoisotopic (exact) mass is 197 g/mol. The molecule has 0 aliphatic rings. The first-order valence-corrected chi connectivity index (χ1v) is 4.01. The van der Waals surface area contributed by atoms with Gasteiger partial charge in [0.15, 0.2) is 0 Å². The van der Waals surface area contributed by atoms with Gasteiger partial charge in [-0.25, -0.2) is 6.57 Å². The molecule has 0 aromatic heterocycles. The normalized spacial score (nSPS) is 9.93. The Morgan fingerprint density at radius 2 is 2.21 bits per heavy atom. The number of para-hydroxylation sites is 1. The molecule has 14 heavy (non-hydrogen) atoms. The van der Waals surface area contributed by atoms with Crippen LogP contribution in [0, 0.1) is 13.5 Å². The van der Waals surface area contributed by atoms with Gasteiger partial charge in [0.25, 0.3) is 0 Å². The average molecular weight is 197 g/mol. The summed E-state index contributed by atoms with van der Waals surface area (Å²) < 4.78 is 28.4. The second kappa shape index (κ2) is 4.56. The number of nitrogens with zero attached hydrogens (tertiary/aromatic N) is 1. The number of hydrogen-bond donors (Lipinski definition) is 0. The largest absolute Gasteiger partial charge is 0.434 e. The lowest BCUT2D eigenvalue weighted by molar-refractivity contribution is -0.0508. The second-order valence-corrected chi connectivity index (χ2v) is 2.76. The number of benzene rings is 1. The third-order valence-electron chi connectivity index (χ3n) is 1.75. The molecule has 0 amide bonds. The number of halogens is 2. The van der Waals surface area contributed by atoms with E-state index in [4.69, 9.17) is 6.57 Å². The van der Waals surface area contributed by atoms with E-state index in [0.29, 0.717) is 11.1 Å². The quantitative estimate of drug-likeness (QED) is 0.679. The van der Waals surface area contributed by atoms with E-state index in [-0.39, 0.29) is 12.3 Å². The fraction of sp³-hybridized carbons (Fsp3) is 0.300. The minimum Gasteiger partial charge on any atom is -0.434 e. The van der Waals surface area contributed by atoms with E-state index >= 15 is 0 Å². The van der Waals surface area contributed by atoms with Crippen molar-refractivity contribution < 1.29 is 13.5 Å². The van der Waals surface area contributed by atoms with Crippen LogP contribution in [0.3, 0.4) is 0 Å². The van der Waals surface area contributed by atoms with Crippen molar-refractivity contribution in [3.8, 4) is 5.75 Å². The summed E-state index contributed by atoms with van der Waals surface area (Å²) in [6.07, 6.45) is 0. The fourth-order valence-corrected chi connectivity index (χ4v) is 1.18. The molecule has 0 radical (unpaired) electrons. The lowest BCUT2D eigenvalue weighted by Crippen LogP contribution is -2.05. The maximum absolute atomic E-state index is 12.0. The Morgan fingerprint density at radius 1 is 1.50 bits per heavy atom. The van der Waals surface area contributed by atoms with Crippen LogP contribution in [0.4, 0.5) is 8.78 Å². The molecule has 1 aromatic carbocycles. The summed E-state index contributed by atoms with van der Waals surface area (Å²) in [5.74, 6) is 0.124. The van der Waals surface area contributed by atoms with Crippen LogP contribution >= 0.6 is 0 Å². The van der Waals surface area contributed by atoms with Crippen LogP contribution in [0.25, 0.3) is 4.85 Å². The van der Waals surface area contributed by atoms with Gasteiger partial charge in [-0.15, -0.1) is 0 Å². The molecule has 0 saturated carbocycles. The highest BCUT2D eigenvalue weighted by atomic mass is 19.3. The molecule has 0 aliphatic heterocycles. The summed E-state index contributed by atoms with van der Waals surface area (Å²) in [5, 5.41) is 0. The Kier molecular flexibility index (Phi) is 3.41. The summed E-state index contributed by atoms with van der Waals surface area (Å²) in [5.41, 5.74) is 1.12. The number of rotatable bonds is 3. The van der Waals surface area contributed by atoms with Gasteiger partial charge in [0.2, 0.25) is 6.54 Å². The van der Waals surface area contributed by atoms with E-state index in [1.165, 1.54) is 0 Å². The number of aryl methyl sites for hydroxylation is 1. The van der Waals surface area contributed by atoms with Crippen LogP contribution in [-0.4, -0.2) is 6.61 Å². The highest BCUT2D eigenvalue weighted by Gasteiger charge is 2.13. The molecule has 2 nitrogen and oxygen atoms in total. The van der Waals surface area contributed by atoms with E-state index in [1.54, 1.807) is 25.1 Å². The summed E-state index contributed by atoms with van der Waals surface area (Å²) >= 11 is 0. The molecule has 0 heterocycles. The molecule has 0 atom stereocenters. The lowest BCUT2D eigenvalue weighted by atomic mass is 10.1. The maximum atomic E-state index is 12.0. The first kappa shape index (κ1) is 10.5. The van der Waals surface area contributed by atoms with Gasteiger partial charge >= 0.3 is 6.61 Å². The maximum Gasteiger partial charge on any atom is 0.387 e. The molecule has 0 spiro atoms. The van der Waals surface area contributed by atoms with Crippen LogP contribution in [0.1, 0.15) is 11.1 Å². The van der Waals surface area contributed by atoms with Crippen molar-refractivity contribution in [2.24, 2.45) is 0 Å². The molecule has 0 aliphatic carbocycles. The van der Waals surface area contributed by atoms with E-state index in [2.05, 4.69) is 9.58 Å². The van der Waals surface area contributed by atoms with Crippen molar-refractivity contribution in [1.82, 2.24) is 0 Å². The molecule has 0 bridgehead atoms. The minimum absolute atomic E-state index is 0.0593. The minimum atomic E-state index is -2.85. The third-order valence-corrected chi connectivity index (χ3v) is 1.75. The van der Waals surface area contributed by atoms with E-state index in [1.807, 2.05) is 0 Å². The van der Waals surface area contributed by atoms with Crippen molar-refractivity contribution in [3.63, 3.8) is 0 Å². The molecular formula is C10H9F2NO. The molecule has 4 heteroatoms. The SMILES string of the molecule is [C-]#[N+]Cc1cccc(C)c1OC(F)F. The molecule has 1 aromatic rings. The predicted octanol–water partition coefficient (Wildman–Crippen LogP) is 3.02. The molecule has 74 valence electrons. The van der Waals surface area contributed by atoms with Gasteiger partial charge in [0, 0.05) is 0 Å². The van der Waals surface area contributed by atoms with Crippen molar-refractivity contribution >= 4 is 0 Å². The van der Waals surface area contributed by atoms with Gasteiger partial charge in [-0.1, -0.05) is 12.1 Å². The average Bonchev–Trinajstić information content (AvgIpc) is 2.11. The van der Waals surface area contributed by atoms with Crippen molar-refractivity contribution in [2.45, 2.75) is 20.1 Å². The first-order valence-electron chi connectivity index (χ1n) is 4.01. The van der Waals surface area contributed by atoms with Crippen LogP contribution in [0.15, 0.2) is 18.2 Å². The standard InChI is InChI=1S/C10H9F2NO/c1-7-4-3-5-8(6-13-2)9(7)14-10(11)12/h3-5,10H,6H2,1H3. The van der Waals surface area contributed by atoms with Gasteiger partial charge < -0.3 is 9.58 Å². The number of hydrogen-bond acceptors (Lipinski definition) is 1. The Balaban J connectivity index is 3.03. The number of ether oxygens (including phenoxy) is 1. The van der Waals surface area contributed by atoms with Gasteiger partial charge in [-0.2, -0.15) is 8.78 Å². The third kappa shape index (κ3) is 2.43. The Hall–Kier alpha value is -1.63. The van der Waals surface area contributed by atoms with Crippen molar-refractivity contribution in [1.29, 1.82) is 0 Å². The van der Waals surface area contributed by atoms with Crippen molar-refractivity contribution in [2.75, 3.05) is 0 Å². The van der Waals surface area contributed by atoms with Crippen molar-refractivity contribution in [3.05, 3.63) is 40.7 Å². The predicted molar refractivity (Wildman–Crippen MR) is 48.1 cm³/mol. The summed E-state index contributed by atoms with van der Waals surface area (Å²) in [7, 11) is 0. The molecule has 0 N–H and O–H groups in total. The lowest BCUT2D eigenvalue weighted by Gasteiger charge is -2.09. The van der Waals surface area contributed by atoms with Crippen LogP contribution in [0.5, 0.6) is 5.75 Å². The van der Waals surface area contributed by atoms with E-state index in [9.17, 15) is 8.78 Å². The van der Waals surface area contributed by atoms with Crippen LogP contribution < -0.4 is 4.74 Å². The van der Waals surface area contributed by atoms with Gasteiger partial charge in [0.05, 0.1) is 5.56 Å². The summed E-state index contributed by atoms with van der Waals surface area (Å²) in [6, 6.07) is 5.00.